The molecule has 0 fully saturated rings. The highest BCUT2D eigenvalue weighted by atomic mass is 16.3. The molecule has 0 aromatic heterocycles. The summed E-state index contributed by atoms with van der Waals surface area (Å²) in [5, 5.41) is 9.66. The van der Waals surface area contributed by atoms with Crippen LogP contribution in [0.1, 0.15) is 27.2 Å². The number of nitrogens with zero attached hydrogens (tertiary/aromatic N) is 1. The third kappa shape index (κ3) is 5.61. The molecule has 1 N–H and O–H groups in total. The Balaban J connectivity index is 4.17. The maximum absolute atomic E-state index is 9.66. The van der Waals surface area contributed by atoms with Crippen LogP contribution in [0.15, 0.2) is 24.3 Å². The van der Waals surface area contributed by atoms with E-state index >= 15 is 0 Å². The van der Waals surface area contributed by atoms with E-state index in [4.69, 9.17) is 0 Å². The van der Waals surface area contributed by atoms with E-state index in [1.807, 2.05) is 25.7 Å². The molecule has 0 saturated carbocycles. The Labute approximate surface area is 81.6 Å². The van der Waals surface area contributed by atoms with Crippen molar-refractivity contribution >= 4 is 0 Å². The highest BCUT2D eigenvalue weighted by molar-refractivity contribution is 4.98. The number of rotatable bonds is 6. The fourth-order valence-corrected chi connectivity index (χ4v) is 1.22. The van der Waals surface area contributed by atoms with E-state index in [-0.39, 0.29) is 6.23 Å². The van der Waals surface area contributed by atoms with Crippen molar-refractivity contribution in [1.82, 2.24) is 4.90 Å². The molecule has 76 valence electrons. The second-order valence-electron chi connectivity index (χ2n) is 3.71. The van der Waals surface area contributed by atoms with Crippen molar-refractivity contribution in [1.29, 1.82) is 0 Å². The van der Waals surface area contributed by atoms with Gasteiger partial charge in [0.25, 0.3) is 0 Å². The minimum absolute atomic E-state index is 0.381. The van der Waals surface area contributed by atoms with E-state index in [0.29, 0.717) is 0 Å². The predicted molar refractivity (Wildman–Crippen MR) is 57.5 cm³/mol. The summed E-state index contributed by atoms with van der Waals surface area (Å²) in [6, 6.07) is 0. The second kappa shape index (κ2) is 5.95. The van der Waals surface area contributed by atoms with Gasteiger partial charge in [0, 0.05) is 13.1 Å². The first kappa shape index (κ1) is 12.4. The summed E-state index contributed by atoms with van der Waals surface area (Å²) in [5.41, 5.74) is 2.13. The third-order valence-electron chi connectivity index (χ3n) is 1.73. The normalized spacial score (nSPS) is 13.0. The van der Waals surface area contributed by atoms with Crippen molar-refractivity contribution in [3.8, 4) is 0 Å². The Morgan fingerprint density at radius 3 is 1.85 bits per heavy atom. The first-order valence-electron chi connectivity index (χ1n) is 4.68. The predicted octanol–water partition coefficient (Wildman–Crippen LogP) is 2.17. The van der Waals surface area contributed by atoms with Crippen LogP contribution in [-0.2, 0) is 0 Å². The van der Waals surface area contributed by atoms with E-state index in [9.17, 15) is 5.11 Å². The molecule has 13 heavy (non-hydrogen) atoms. The monoisotopic (exact) mass is 183 g/mol. The second-order valence-corrected chi connectivity index (χ2v) is 3.71. The highest BCUT2D eigenvalue weighted by Gasteiger charge is 2.12. The lowest BCUT2D eigenvalue weighted by molar-refractivity contribution is 0.0137. The maximum atomic E-state index is 9.66. The Hall–Kier alpha value is -0.600. The van der Waals surface area contributed by atoms with Crippen LogP contribution >= 0.6 is 0 Å². The average Bonchev–Trinajstić information content (AvgIpc) is 2.00. The SMILES string of the molecule is C=C(C)CN(CC(=C)C)C(O)CC. The Bertz CT molecular complexity index is 171. The molecule has 0 bridgehead atoms. The summed E-state index contributed by atoms with van der Waals surface area (Å²) < 4.78 is 0. The van der Waals surface area contributed by atoms with Crippen LogP contribution in [0, 0.1) is 0 Å². The van der Waals surface area contributed by atoms with Crippen LogP contribution in [0.2, 0.25) is 0 Å². The van der Waals surface area contributed by atoms with E-state index in [0.717, 1.165) is 30.7 Å². The van der Waals surface area contributed by atoms with Crippen molar-refractivity contribution < 1.29 is 5.11 Å². The van der Waals surface area contributed by atoms with Crippen LogP contribution in [0.3, 0.4) is 0 Å². The van der Waals surface area contributed by atoms with Gasteiger partial charge >= 0.3 is 0 Å². The molecule has 0 aliphatic heterocycles. The molecule has 0 aliphatic carbocycles. The molecule has 0 heterocycles. The molecule has 0 spiro atoms. The average molecular weight is 183 g/mol. The van der Waals surface area contributed by atoms with Crippen molar-refractivity contribution in [3.05, 3.63) is 24.3 Å². The summed E-state index contributed by atoms with van der Waals surface area (Å²) in [5.74, 6) is 0. The molecule has 2 heteroatoms. The fraction of sp³-hybridized carbons (Fsp3) is 0.636. The van der Waals surface area contributed by atoms with Gasteiger partial charge in [0.05, 0.1) is 0 Å². The quantitative estimate of drug-likeness (QED) is 0.504. The maximum Gasteiger partial charge on any atom is 0.107 e. The van der Waals surface area contributed by atoms with Crippen molar-refractivity contribution in [2.75, 3.05) is 13.1 Å². The smallest absolute Gasteiger partial charge is 0.107 e. The number of aliphatic hydroxyl groups excluding tert-OH is 1. The van der Waals surface area contributed by atoms with Gasteiger partial charge in [-0.1, -0.05) is 31.2 Å². The Kier molecular flexibility index (Phi) is 5.67. The summed E-state index contributed by atoms with van der Waals surface area (Å²) in [6.45, 7) is 15.0. The van der Waals surface area contributed by atoms with Gasteiger partial charge in [-0.15, -0.1) is 0 Å². The topological polar surface area (TPSA) is 23.5 Å². The van der Waals surface area contributed by atoms with Crippen LogP contribution in [0.4, 0.5) is 0 Å². The van der Waals surface area contributed by atoms with E-state index in [1.54, 1.807) is 0 Å². The number of aliphatic hydroxyl groups is 1. The van der Waals surface area contributed by atoms with Crippen LogP contribution in [-0.4, -0.2) is 29.3 Å². The van der Waals surface area contributed by atoms with E-state index in [2.05, 4.69) is 13.2 Å². The molecule has 0 radical (unpaired) electrons. The van der Waals surface area contributed by atoms with Crippen LogP contribution in [0.5, 0.6) is 0 Å². The Morgan fingerprint density at radius 2 is 1.62 bits per heavy atom. The number of hydrogen-bond acceptors (Lipinski definition) is 2. The summed E-state index contributed by atoms with van der Waals surface area (Å²) in [6.07, 6.45) is 0.356. The molecule has 1 unspecified atom stereocenters. The lowest BCUT2D eigenvalue weighted by Gasteiger charge is -2.27. The molecule has 2 nitrogen and oxygen atoms in total. The van der Waals surface area contributed by atoms with Gasteiger partial charge in [0.15, 0.2) is 0 Å². The number of hydrogen-bond donors (Lipinski definition) is 1. The van der Waals surface area contributed by atoms with Gasteiger partial charge in [-0.2, -0.15) is 0 Å². The largest absolute Gasteiger partial charge is 0.378 e. The van der Waals surface area contributed by atoms with Gasteiger partial charge < -0.3 is 5.11 Å². The lowest BCUT2D eigenvalue weighted by atomic mass is 10.2. The van der Waals surface area contributed by atoms with Crippen molar-refractivity contribution in [3.63, 3.8) is 0 Å². The highest BCUT2D eigenvalue weighted by Crippen LogP contribution is 2.06. The van der Waals surface area contributed by atoms with Gasteiger partial charge in [0.2, 0.25) is 0 Å². The molecule has 0 saturated heterocycles. The zero-order valence-corrected chi connectivity index (χ0v) is 9.01. The summed E-state index contributed by atoms with van der Waals surface area (Å²) in [7, 11) is 0. The molecule has 0 amide bonds. The first-order valence-corrected chi connectivity index (χ1v) is 4.68. The molecule has 1 atom stereocenters. The first-order chi connectivity index (χ1) is 5.97. The Morgan fingerprint density at radius 1 is 1.23 bits per heavy atom. The third-order valence-corrected chi connectivity index (χ3v) is 1.73. The van der Waals surface area contributed by atoms with Gasteiger partial charge in [-0.05, 0) is 20.3 Å². The fourth-order valence-electron chi connectivity index (χ4n) is 1.22. The van der Waals surface area contributed by atoms with Crippen molar-refractivity contribution in [2.45, 2.75) is 33.4 Å². The lowest BCUT2D eigenvalue weighted by Crippen LogP contribution is -2.36. The van der Waals surface area contributed by atoms with Gasteiger partial charge in [-0.25, -0.2) is 0 Å². The van der Waals surface area contributed by atoms with Gasteiger partial charge in [0.1, 0.15) is 6.23 Å². The molecule has 0 aromatic carbocycles. The van der Waals surface area contributed by atoms with Gasteiger partial charge in [-0.3, -0.25) is 4.90 Å². The van der Waals surface area contributed by atoms with Crippen molar-refractivity contribution in [2.24, 2.45) is 0 Å². The molecule has 0 aliphatic rings. The zero-order chi connectivity index (χ0) is 10.4. The van der Waals surface area contributed by atoms with E-state index < -0.39 is 0 Å². The van der Waals surface area contributed by atoms with E-state index in [1.165, 1.54) is 0 Å². The molecule has 0 rings (SSSR count). The van der Waals surface area contributed by atoms with Crippen LogP contribution < -0.4 is 0 Å². The summed E-state index contributed by atoms with van der Waals surface area (Å²) in [4.78, 5) is 1.98. The minimum atomic E-state index is -0.381. The standard InChI is InChI=1S/C11H21NO/c1-6-11(13)12(7-9(2)3)8-10(4)5/h11,13H,2,4,6-8H2,1,3,5H3. The summed E-state index contributed by atoms with van der Waals surface area (Å²) >= 11 is 0. The van der Waals surface area contributed by atoms with Crippen LogP contribution in [0.25, 0.3) is 0 Å². The molecular weight excluding hydrogens is 162 g/mol. The zero-order valence-electron chi connectivity index (χ0n) is 9.01. The molecular formula is C11H21NO. The molecule has 0 aromatic rings. The minimum Gasteiger partial charge on any atom is -0.378 e.